The summed E-state index contributed by atoms with van der Waals surface area (Å²) in [6.07, 6.45) is 3.63. The highest BCUT2D eigenvalue weighted by Gasteiger charge is 2.26. The van der Waals surface area contributed by atoms with Gasteiger partial charge in [0.15, 0.2) is 4.90 Å². The fourth-order valence-electron chi connectivity index (χ4n) is 2.01. The van der Waals surface area contributed by atoms with Gasteiger partial charge in [-0.2, -0.15) is 0 Å². The minimum Gasteiger partial charge on any atom is -0.376 e. The van der Waals surface area contributed by atoms with Gasteiger partial charge in [-0.1, -0.05) is 48.6 Å². The van der Waals surface area contributed by atoms with Crippen LogP contribution in [0, 0.1) is 10.1 Å². The van der Waals surface area contributed by atoms with Gasteiger partial charge < -0.3 is 5.32 Å². The van der Waals surface area contributed by atoms with E-state index in [2.05, 4.69) is 5.32 Å². The molecule has 0 atom stereocenters. The summed E-state index contributed by atoms with van der Waals surface area (Å²) in [7, 11) is -4.17. The van der Waals surface area contributed by atoms with Crippen LogP contribution in [0.15, 0.2) is 59.5 Å². The van der Waals surface area contributed by atoms with E-state index in [9.17, 15) is 18.5 Å². The summed E-state index contributed by atoms with van der Waals surface area (Å²) in [5, 5.41) is 19.0. The van der Waals surface area contributed by atoms with Gasteiger partial charge in [-0.05, 0) is 17.7 Å². The molecule has 0 aliphatic rings. The van der Waals surface area contributed by atoms with E-state index in [0.29, 0.717) is 6.54 Å². The molecular weight excluding hydrogens is 318 g/mol. The summed E-state index contributed by atoms with van der Waals surface area (Å²) in [5.74, 6) is 0. The molecule has 0 aliphatic carbocycles. The van der Waals surface area contributed by atoms with E-state index in [1.807, 2.05) is 36.4 Å². The van der Waals surface area contributed by atoms with Crippen molar-refractivity contribution in [3.05, 3.63) is 70.3 Å². The molecule has 0 aromatic heterocycles. The lowest BCUT2D eigenvalue weighted by Gasteiger charge is -2.07. The van der Waals surface area contributed by atoms with Crippen molar-refractivity contribution in [1.82, 2.24) is 0 Å². The molecule has 23 heavy (non-hydrogen) atoms. The second-order valence-corrected chi connectivity index (χ2v) is 6.18. The molecule has 2 rings (SSSR count). The number of primary sulfonamides is 1. The summed E-state index contributed by atoms with van der Waals surface area (Å²) in [6.45, 7) is 0.295. The van der Waals surface area contributed by atoms with Crippen LogP contribution in [0.4, 0.5) is 11.4 Å². The molecule has 0 amide bonds. The number of nitrogens with zero attached hydrogens (tertiary/aromatic N) is 1. The number of hydrogen-bond acceptors (Lipinski definition) is 5. The highest BCUT2D eigenvalue weighted by Crippen LogP contribution is 2.31. The highest BCUT2D eigenvalue weighted by atomic mass is 32.2. The van der Waals surface area contributed by atoms with Crippen molar-refractivity contribution in [1.29, 1.82) is 0 Å². The molecule has 0 fully saturated rings. The number of para-hydroxylation sites is 1. The zero-order chi connectivity index (χ0) is 16.9. The number of nitro benzene ring substituents is 1. The zero-order valence-corrected chi connectivity index (χ0v) is 12.9. The van der Waals surface area contributed by atoms with Crippen LogP contribution in [-0.2, 0) is 10.0 Å². The van der Waals surface area contributed by atoms with Crippen LogP contribution >= 0.6 is 0 Å². The number of nitrogens with one attached hydrogen (secondary N) is 1. The Balaban J connectivity index is 2.20. The minimum absolute atomic E-state index is 0.0965. The number of nitro groups is 1. The smallest absolute Gasteiger partial charge is 0.312 e. The fraction of sp³-hybridized carbons (Fsp3) is 0.0667. The number of hydrogen-bond donors (Lipinski definition) is 2. The molecule has 0 aliphatic heterocycles. The van der Waals surface area contributed by atoms with E-state index in [-0.39, 0.29) is 5.69 Å². The third-order valence-corrected chi connectivity index (χ3v) is 3.95. The summed E-state index contributed by atoms with van der Waals surface area (Å²) in [6, 6.07) is 13.5. The fourth-order valence-corrected chi connectivity index (χ4v) is 2.73. The van der Waals surface area contributed by atoms with Gasteiger partial charge in [-0.25, -0.2) is 13.6 Å². The largest absolute Gasteiger partial charge is 0.376 e. The third kappa shape index (κ3) is 4.38. The second kappa shape index (κ2) is 7.03. The quantitative estimate of drug-likeness (QED) is 0.622. The molecule has 8 heteroatoms. The van der Waals surface area contributed by atoms with E-state index in [1.54, 1.807) is 6.08 Å². The standard InChI is InChI=1S/C15H15N3O4S/c16-23(21,22)14-10-4-9-13(15(14)18(19)20)17-11-5-8-12-6-2-1-3-7-12/h1-10,17H,11H2,(H2,16,21,22). The average molecular weight is 333 g/mol. The average Bonchev–Trinajstić information content (AvgIpc) is 2.51. The highest BCUT2D eigenvalue weighted by molar-refractivity contribution is 7.89. The van der Waals surface area contributed by atoms with Gasteiger partial charge in [-0.3, -0.25) is 10.1 Å². The predicted molar refractivity (Wildman–Crippen MR) is 88.4 cm³/mol. The van der Waals surface area contributed by atoms with E-state index < -0.39 is 25.5 Å². The normalized spacial score (nSPS) is 11.5. The van der Waals surface area contributed by atoms with Crippen molar-refractivity contribution in [3.8, 4) is 0 Å². The predicted octanol–water partition coefficient (Wildman–Crippen LogP) is 2.37. The lowest BCUT2D eigenvalue weighted by Crippen LogP contribution is -2.15. The number of sulfonamides is 1. The van der Waals surface area contributed by atoms with E-state index in [4.69, 9.17) is 5.14 Å². The van der Waals surface area contributed by atoms with E-state index in [1.165, 1.54) is 12.1 Å². The van der Waals surface area contributed by atoms with Gasteiger partial charge in [0, 0.05) is 6.54 Å². The first-order valence-electron chi connectivity index (χ1n) is 6.65. The van der Waals surface area contributed by atoms with Crippen molar-refractivity contribution in [2.75, 3.05) is 11.9 Å². The first-order chi connectivity index (χ1) is 10.9. The van der Waals surface area contributed by atoms with Crippen molar-refractivity contribution < 1.29 is 13.3 Å². The van der Waals surface area contributed by atoms with Gasteiger partial charge in [0.1, 0.15) is 5.69 Å². The van der Waals surface area contributed by atoms with Crippen LogP contribution in [0.25, 0.3) is 6.08 Å². The maximum atomic E-state index is 11.5. The Hall–Kier alpha value is -2.71. The monoisotopic (exact) mass is 333 g/mol. The number of anilines is 1. The molecule has 0 spiro atoms. The third-order valence-electron chi connectivity index (χ3n) is 3.01. The van der Waals surface area contributed by atoms with Crippen LogP contribution in [0.1, 0.15) is 5.56 Å². The Morgan fingerprint density at radius 3 is 2.43 bits per heavy atom. The Morgan fingerprint density at radius 1 is 1.13 bits per heavy atom. The molecule has 120 valence electrons. The summed E-state index contributed by atoms with van der Waals surface area (Å²) in [4.78, 5) is 9.90. The van der Waals surface area contributed by atoms with Crippen molar-refractivity contribution in [3.63, 3.8) is 0 Å². The molecular formula is C15H15N3O4S. The second-order valence-electron chi connectivity index (χ2n) is 4.65. The molecule has 0 saturated carbocycles. The molecule has 3 N–H and O–H groups in total. The van der Waals surface area contributed by atoms with Crippen LogP contribution in [0.3, 0.4) is 0 Å². The Bertz CT molecular complexity index is 833. The molecule has 0 heterocycles. The number of rotatable bonds is 6. The van der Waals surface area contributed by atoms with E-state index in [0.717, 1.165) is 11.6 Å². The summed E-state index contributed by atoms with van der Waals surface area (Å²) < 4.78 is 22.9. The van der Waals surface area contributed by atoms with Gasteiger partial charge in [0.2, 0.25) is 10.0 Å². The molecule has 7 nitrogen and oxygen atoms in total. The van der Waals surface area contributed by atoms with Gasteiger partial charge in [0.25, 0.3) is 0 Å². The van der Waals surface area contributed by atoms with E-state index >= 15 is 0 Å². The van der Waals surface area contributed by atoms with Gasteiger partial charge >= 0.3 is 5.69 Å². The molecule has 0 radical (unpaired) electrons. The Labute approximate surface area is 133 Å². The van der Waals surface area contributed by atoms with Gasteiger partial charge in [-0.15, -0.1) is 0 Å². The molecule has 2 aromatic rings. The maximum absolute atomic E-state index is 11.5. The SMILES string of the molecule is NS(=O)(=O)c1cccc(NCC=Cc2ccccc2)c1[N+](=O)[O-]. The van der Waals surface area contributed by atoms with Crippen molar-refractivity contribution in [2.24, 2.45) is 5.14 Å². The minimum atomic E-state index is -4.17. The molecule has 2 aromatic carbocycles. The Kier molecular flexibility index (Phi) is 5.09. The molecule has 0 bridgehead atoms. The van der Waals surface area contributed by atoms with Crippen LogP contribution < -0.4 is 10.5 Å². The lowest BCUT2D eigenvalue weighted by molar-refractivity contribution is -0.386. The van der Waals surface area contributed by atoms with Crippen molar-refractivity contribution >= 4 is 27.5 Å². The number of benzene rings is 2. The first kappa shape index (κ1) is 16.7. The first-order valence-corrected chi connectivity index (χ1v) is 8.20. The van der Waals surface area contributed by atoms with Crippen LogP contribution in [0.5, 0.6) is 0 Å². The zero-order valence-electron chi connectivity index (χ0n) is 12.0. The maximum Gasteiger partial charge on any atom is 0.312 e. The van der Waals surface area contributed by atoms with Crippen LogP contribution in [-0.4, -0.2) is 19.9 Å². The summed E-state index contributed by atoms with van der Waals surface area (Å²) in [5.41, 5.74) is 0.532. The molecule has 0 saturated heterocycles. The number of nitrogens with two attached hydrogens (primary N) is 1. The molecule has 0 unspecified atom stereocenters. The van der Waals surface area contributed by atoms with Crippen molar-refractivity contribution in [2.45, 2.75) is 4.90 Å². The topological polar surface area (TPSA) is 115 Å². The van der Waals surface area contributed by atoms with Crippen LogP contribution in [0.2, 0.25) is 0 Å². The van der Waals surface area contributed by atoms with Gasteiger partial charge in [0.05, 0.1) is 4.92 Å². The Morgan fingerprint density at radius 2 is 1.83 bits per heavy atom. The summed E-state index contributed by atoms with van der Waals surface area (Å²) >= 11 is 0. The lowest BCUT2D eigenvalue weighted by atomic mass is 10.2.